The third-order valence-electron chi connectivity index (χ3n) is 3.47. The Labute approximate surface area is 148 Å². The molecule has 0 unspecified atom stereocenters. The zero-order valence-corrected chi connectivity index (χ0v) is 14.7. The van der Waals surface area contributed by atoms with Crippen LogP contribution in [0.15, 0.2) is 34.6 Å². The van der Waals surface area contributed by atoms with Crippen molar-refractivity contribution in [1.29, 1.82) is 0 Å². The van der Waals surface area contributed by atoms with Crippen LogP contribution in [-0.4, -0.2) is 45.9 Å². The second-order valence-electron chi connectivity index (χ2n) is 5.28. The van der Waals surface area contributed by atoms with Gasteiger partial charge < -0.3 is 15.1 Å². The van der Waals surface area contributed by atoms with E-state index in [0.29, 0.717) is 18.8 Å². The Balaban J connectivity index is 2.15. The Morgan fingerprint density at radius 2 is 2.20 bits per heavy atom. The maximum absolute atomic E-state index is 10.6. The molecule has 0 aliphatic rings. The van der Waals surface area contributed by atoms with Crippen LogP contribution in [0.3, 0.4) is 0 Å². The Morgan fingerprint density at radius 3 is 2.76 bits per heavy atom. The number of rotatable bonds is 8. The molecule has 0 aliphatic carbocycles. The average molecular weight is 365 g/mol. The fraction of sp³-hybridized carbons (Fsp3) is 0.400. The standard InChI is InChI=1S/C15H19N5O4S/c1-3-19(8-12(22)9-21)11-4-5-13(10(2)6-11)17-18-15-16-7-14(25-15)20(23)24/h4-7,12,21-22H,3,8-9H2,1-2H3/t12-/m1/s1. The summed E-state index contributed by atoms with van der Waals surface area (Å²) in [5.41, 5.74) is 2.39. The Hall–Kier alpha value is -2.43. The SMILES string of the molecule is CCN(C[C@@H](O)CO)c1ccc(N=Nc2ncc([N+](=O)[O-])s2)c(C)c1. The van der Waals surface area contributed by atoms with Crippen molar-refractivity contribution in [3.63, 3.8) is 0 Å². The van der Waals surface area contributed by atoms with Crippen LogP contribution in [0.2, 0.25) is 0 Å². The van der Waals surface area contributed by atoms with Crippen molar-refractivity contribution in [3.05, 3.63) is 40.1 Å². The molecule has 0 saturated heterocycles. The number of benzene rings is 1. The first-order chi connectivity index (χ1) is 11.9. The molecule has 0 bridgehead atoms. The monoisotopic (exact) mass is 365 g/mol. The van der Waals surface area contributed by atoms with Crippen molar-refractivity contribution in [3.8, 4) is 0 Å². The first-order valence-corrected chi connectivity index (χ1v) is 8.42. The van der Waals surface area contributed by atoms with Crippen molar-refractivity contribution in [2.75, 3.05) is 24.6 Å². The quantitative estimate of drug-likeness (QED) is 0.421. The molecule has 2 aromatic rings. The summed E-state index contributed by atoms with van der Waals surface area (Å²) in [5.74, 6) is 0. The second kappa shape index (κ2) is 8.60. The van der Waals surface area contributed by atoms with Gasteiger partial charge in [0.2, 0.25) is 5.13 Å². The van der Waals surface area contributed by atoms with Crippen molar-refractivity contribution in [2.45, 2.75) is 20.0 Å². The molecule has 0 aliphatic heterocycles. The number of thiazole rings is 1. The van der Waals surface area contributed by atoms with Gasteiger partial charge in [-0.15, -0.1) is 10.2 Å². The molecule has 0 spiro atoms. The van der Waals surface area contributed by atoms with E-state index in [-0.39, 0.29) is 16.7 Å². The normalized spacial score (nSPS) is 12.5. The highest BCUT2D eigenvalue weighted by Gasteiger charge is 2.12. The first-order valence-electron chi connectivity index (χ1n) is 7.61. The van der Waals surface area contributed by atoms with E-state index in [1.54, 1.807) is 6.07 Å². The summed E-state index contributed by atoms with van der Waals surface area (Å²) in [4.78, 5) is 15.9. The van der Waals surface area contributed by atoms with Crippen LogP contribution in [0.4, 0.5) is 21.5 Å². The Kier molecular flexibility index (Phi) is 6.51. The summed E-state index contributed by atoms with van der Waals surface area (Å²) in [5, 5.41) is 37.4. The highest BCUT2D eigenvalue weighted by molar-refractivity contribution is 7.18. The first kappa shape index (κ1) is 18.9. The van der Waals surface area contributed by atoms with Crippen LogP contribution in [0, 0.1) is 17.0 Å². The molecule has 2 rings (SSSR count). The summed E-state index contributed by atoms with van der Waals surface area (Å²) in [6.07, 6.45) is 0.348. The number of aromatic nitrogens is 1. The summed E-state index contributed by atoms with van der Waals surface area (Å²) in [6, 6.07) is 5.54. The van der Waals surface area contributed by atoms with E-state index >= 15 is 0 Å². The molecule has 0 saturated carbocycles. The maximum Gasteiger partial charge on any atom is 0.345 e. The topological polar surface area (TPSA) is 124 Å². The van der Waals surface area contributed by atoms with Gasteiger partial charge in [-0.1, -0.05) is 0 Å². The number of aryl methyl sites for hydroxylation is 1. The molecule has 25 heavy (non-hydrogen) atoms. The molecule has 1 heterocycles. The van der Waals surface area contributed by atoms with E-state index in [2.05, 4.69) is 15.2 Å². The van der Waals surface area contributed by atoms with Crippen LogP contribution in [0.5, 0.6) is 0 Å². The maximum atomic E-state index is 10.6. The minimum atomic E-state index is -0.805. The summed E-state index contributed by atoms with van der Waals surface area (Å²) in [6.45, 7) is 4.55. The highest BCUT2D eigenvalue weighted by atomic mass is 32.1. The van der Waals surface area contributed by atoms with Crippen molar-refractivity contribution < 1.29 is 15.1 Å². The molecule has 9 nitrogen and oxygen atoms in total. The zero-order valence-electron chi connectivity index (χ0n) is 13.9. The van der Waals surface area contributed by atoms with E-state index in [0.717, 1.165) is 28.8 Å². The molecule has 10 heteroatoms. The molecule has 1 atom stereocenters. The zero-order chi connectivity index (χ0) is 18.4. The molecule has 2 N–H and O–H groups in total. The predicted octanol–water partition coefficient (Wildman–Crippen LogP) is 2.95. The number of aliphatic hydroxyl groups excluding tert-OH is 2. The average Bonchev–Trinajstić information content (AvgIpc) is 3.07. The largest absolute Gasteiger partial charge is 0.394 e. The van der Waals surface area contributed by atoms with Gasteiger partial charge in [-0.2, -0.15) is 0 Å². The number of likely N-dealkylation sites (N-methyl/N-ethyl adjacent to an activating group) is 1. The highest BCUT2D eigenvalue weighted by Crippen LogP contribution is 2.30. The van der Waals surface area contributed by atoms with Gasteiger partial charge in [0.05, 0.1) is 23.3 Å². The van der Waals surface area contributed by atoms with Crippen molar-refractivity contribution in [2.24, 2.45) is 10.2 Å². The smallest absolute Gasteiger partial charge is 0.345 e. The predicted molar refractivity (Wildman–Crippen MR) is 95.1 cm³/mol. The van der Waals surface area contributed by atoms with Crippen molar-refractivity contribution in [1.82, 2.24) is 4.98 Å². The van der Waals surface area contributed by atoms with Gasteiger partial charge in [0.1, 0.15) is 6.20 Å². The molecule has 1 aromatic heterocycles. The Morgan fingerprint density at radius 1 is 1.44 bits per heavy atom. The summed E-state index contributed by atoms with van der Waals surface area (Å²) in [7, 11) is 0. The molecular formula is C15H19N5O4S. The van der Waals surface area contributed by atoms with Crippen LogP contribution in [-0.2, 0) is 0 Å². The van der Waals surface area contributed by atoms with Crippen LogP contribution >= 0.6 is 11.3 Å². The van der Waals surface area contributed by atoms with Gasteiger partial charge in [-0.05, 0) is 48.9 Å². The fourth-order valence-corrected chi connectivity index (χ4v) is 2.72. The second-order valence-corrected chi connectivity index (χ2v) is 6.27. The number of nitro groups is 1. The van der Waals surface area contributed by atoms with E-state index in [1.807, 2.05) is 30.9 Å². The van der Waals surface area contributed by atoms with Gasteiger partial charge in [0, 0.05) is 18.8 Å². The molecular weight excluding hydrogens is 346 g/mol. The van der Waals surface area contributed by atoms with Gasteiger partial charge in [-0.25, -0.2) is 4.98 Å². The minimum absolute atomic E-state index is 0.0814. The van der Waals surface area contributed by atoms with Crippen LogP contribution < -0.4 is 4.90 Å². The van der Waals surface area contributed by atoms with Gasteiger partial charge in [0.15, 0.2) is 0 Å². The molecule has 0 radical (unpaired) electrons. The fourth-order valence-electron chi connectivity index (χ4n) is 2.16. The van der Waals surface area contributed by atoms with Gasteiger partial charge >= 0.3 is 5.00 Å². The van der Waals surface area contributed by atoms with E-state index in [1.165, 1.54) is 0 Å². The third kappa shape index (κ3) is 5.02. The van der Waals surface area contributed by atoms with Crippen LogP contribution in [0.1, 0.15) is 12.5 Å². The summed E-state index contributed by atoms with van der Waals surface area (Å²) >= 11 is 0.857. The molecule has 134 valence electrons. The third-order valence-corrected chi connectivity index (χ3v) is 4.31. The lowest BCUT2D eigenvalue weighted by Crippen LogP contribution is -2.34. The summed E-state index contributed by atoms with van der Waals surface area (Å²) < 4.78 is 0. The molecule has 1 aromatic carbocycles. The Bertz CT molecular complexity index is 764. The minimum Gasteiger partial charge on any atom is -0.394 e. The lowest BCUT2D eigenvalue weighted by molar-refractivity contribution is -0.380. The number of hydrogen-bond donors (Lipinski definition) is 2. The van der Waals surface area contributed by atoms with Crippen LogP contribution in [0.25, 0.3) is 0 Å². The number of nitrogens with zero attached hydrogens (tertiary/aromatic N) is 5. The number of anilines is 1. The van der Waals surface area contributed by atoms with Crippen molar-refractivity contribution >= 4 is 32.8 Å². The van der Waals surface area contributed by atoms with E-state index in [9.17, 15) is 15.2 Å². The molecule has 0 fully saturated rings. The van der Waals surface area contributed by atoms with Gasteiger partial charge in [-0.3, -0.25) is 10.1 Å². The lowest BCUT2D eigenvalue weighted by atomic mass is 10.1. The number of azo groups is 1. The number of hydrogen-bond acceptors (Lipinski definition) is 9. The number of aliphatic hydroxyl groups is 2. The lowest BCUT2D eigenvalue weighted by Gasteiger charge is -2.25. The van der Waals surface area contributed by atoms with E-state index in [4.69, 9.17) is 5.11 Å². The van der Waals surface area contributed by atoms with Gasteiger partial charge in [0.25, 0.3) is 0 Å². The van der Waals surface area contributed by atoms with E-state index < -0.39 is 11.0 Å². The molecule has 0 amide bonds.